The Kier molecular flexibility index (Phi) is 3.04. The Labute approximate surface area is 92.4 Å². The third kappa shape index (κ3) is 2.60. The molecule has 0 unspecified atom stereocenters. The highest BCUT2D eigenvalue weighted by molar-refractivity contribution is 5.99. The van der Waals surface area contributed by atoms with Crippen LogP contribution in [-0.4, -0.2) is 10.5 Å². The standard InChI is InChI=1S/C12H13NOSi/c15-14-12-8-6-11(7-9-12)13-10-4-2-1-3-5-10/h1-9,13H,15H3. The minimum atomic E-state index is 0.731. The van der Waals surface area contributed by atoms with Crippen LogP contribution in [0.25, 0.3) is 0 Å². The summed E-state index contributed by atoms with van der Waals surface area (Å²) in [6.07, 6.45) is 0. The van der Waals surface area contributed by atoms with Gasteiger partial charge in [-0.2, -0.15) is 0 Å². The molecular formula is C12H13NOSi. The third-order valence-electron chi connectivity index (χ3n) is 2.15. The second-order valence-corrected chi connectivity index (χ2v) is 3.63. The van der Waals surface area contributed by atoms with E-state index in [9.17, 15) is 0 Å². The first-order valence-electron chi connectivity index (χ1n) is 4.84. The Morgan fingerprint density at radius 2 is 1.40 bits per heavy atom. The molecule has 0 aliphatic rings. The second kappa shape index (κ2) is 4.66. The second-order valence-electron chi connectivity index (χ2n) is 3.22. The van der Waals surface area contributed by atoms with Gasteiger partial charge in [0.05, 0.1) is 0 Å². The molecule has 76 valence electrons. The molecule has 0 heterocycles. The molecule has 15 heavy (non-hydrogen) atoms. The lowest BCUT2D eigenvalue weighted by atomic mass is 10.2. The summed E-state index contributed by atoms with van der Waals surface area (Å²) >= 11 is 0. The average Bonchev–Trinajstić information content (AvgIpc) is 2.31. The van der Waals surface area contributed by atoms with Gasteiger partial charge in [-0.3, -0.25) is 0 Å². The third-order valence-corrected chi connectivity index (χ3v) is 2.62. The van der Waals surface area contributed by atoms with Crippen molar-refractivity contribution in [3.8, 4) is 5.75 Å². The van der Waals surface area contributed by atoms with Gasteiger partial charge in [-0.05, 0) is 36.4 Å². The SMILES string of the molecule is [SiH3]Oc1ccc(Nc2ccccc2)cc1. The smallest absolute Gasteiger partial charge is 0.204 e. The molecule has 2 aromatic carbocycles. The van der Waals surface area contributed by atoms with Gasteiger partial charge in [0.15, 0.2) is 0 Å². The summed E-state index contributed by atoms with van der Waals surface area (Å²) in [7, 11) is 0.731. The van der Waals surface area contributed by atoms with Crippen molar-refractivity contribution in [1.82, 2.24) is 0 Å². The van der Waals surface area contributed by atoms with Crippen molar-refractivity contribution in [2.45, 2.75) is 0 Å². The number of para-hydroxylation sites is 1. The maximum absolute atomic E-state index is 5.23. The van der Waals surface area contributed by atoms with E-state index in [0.29, 0.717) is 0 Å². The van der Waals surface area contributed by atoms with Crippen LogP contribution >= 0.6 is 0 Å². The molecule has 3 heteroatoms. The van der Waals surface area contributed by atoms with Gasteiger partial charge in [0, 0.05) is 11.4 Å². The molecule has 1 N–H and O–H groups in total. The quantitative estimate of drug-likeness (QED) is 0.792. The highest BCUT2D eigenvalue weighted by atomic mass is 28.2. The van der Waals surface area contributed by atoms with Gasteiger partial charge in [0.2, 0.25) is 10.5 Å². The number of benzene rings is 2. The number of hydrogen-bond donors (Lipinski definition) is 1. The molecule has 0 radical (unpaired) electrons. The van der Waals surface area contributed by atoms with Gasteiger partial charge in [-0.25, -0.2) is 0 Å². The van der Waals surface area contributed by atoms with Crippen LogP contribution in [-0.2, 0) is 0 Å². The minimum absolute atomic E-state index is 0.731. The lowest BCUT2D eigenvalue weighted by Crippen LogP contribution is -1.90. The van der Waals surface area contributed by atoms with Crippen LogP contribution in [0.5, 0.6) is 5.75 Å². The highest BCUT2D eigenvalue weighted by Crippen LogP contribution is 2.19. The predicted octanol–water partition coefficient (Wildman–Crippen LogP) is 2.09. The van der Waals surface area contributed by atoms with Gasteiger partial charge < -0.3 is 9.74 Å². The maximum Gasteiger partial charge on any atom is 0.204 e. The summed E-state index contributed by atoms with van der Waals surface area (Å²) in [6, 6.07) is 18.1. The van der Waals surface area contributed by atoms with Gasteiger partial charge in [-0.1, -0.05) is 18.2 Å². The van der Waals surface area contributed by atoms with E-state index in [0.717, 1.165) is 27.6 Å². The molecule has 0 aliphatic carbocycles. The molecule has 0 bridgehead atoms. The fraction of sp³-hybridized carbons (Fsp3) is 0. The topological polar surface area (TPSA) is 21.3 Å². The molecule has 0 spiro atoms. The largest absolute Gasteiger partial charge is 0.553 e. The predicted molar refractivity (Wildman–Crippen MR) is 66.7 cm³/mol. The molecule has 2 aromatic rings. The van der Waals surface area contributed by atoms with Gasteiger partial charge >= 0.3 is 0 Å². The monoisotopic (exact) mass is 215 g/mol. The van der Waals surface area contributed by atoms with Crippen molar-refractivity contribution in [3.05, 3.63) is 54.6 Å². The van der Waals surface area contributed by atoms with Crippen molar-refractivity contribution < 1.29 is 4.43 Å². The summed E-state index contributed by atoms with van der Waals surface area (Å²) in [6.45, 7) is 0. The molecule has 0 aromatic heterocycles. The molecule has 0 saturated carbocycles. The first kappa shape index (κ1) is 9.80. The zero-order valence-corrected chi connectivity index (χ0v) is 10.6. The molecule has 0 fully saturated rings. The molecule has 0 aliphatic heterocycles. The van der Waals surface area contributed by atoms with E-state index in [-0.39, 0.29) is 0 Å². The Bertz CT molecular complexity index is 413. The molecule has 0 saturated heterocycles. The van der Waals surface area contributed by atoms with Crippen LogP contribution in [0.3, 0.4) is 0 Å². The van der Waals surface area contributed by atoms with Gasteiger partial charge in [-0.15, -0.1) is 0 Å². The van der Waals surface area contributed by atoms with Crippen molar-refractivity contribution in [2.75, 3.05) is 5.32 Å². The number of nitrogens with one attached hydrogen (secondary N) is 1. The van der Waals surface area contributed by atoms with Crippen LogP contribution in [0.15, 0.2) is 54.6 Å². The summed E-state index contributed by atoms with van der Waals surface area (Å²) in [5, 5.41) is 3.31. The zero-order valence-electron chi connectivity index (χ0n) is 8.60. The first-order valence-corrected chi connectivity index (χ1v) is 5.66. The number of anilines is 2. The lowest BCUT2D eigenvalue weighted by Gasteiger charge is -2.06. The first-order chi connectivity index (χ1) is 7.38. The summed E-state index contributed by atoms with van der Waals surface area (Å²) in [4.78, 5) is 0. The number of hydrogen-bond acceptors (Lipinski definition) is 2. The van der Waals surface area contributed by atoms with Crippen LogP contribution in [0.2, 0.25) is 0 Å². The van der Waals surface area contributed by atoms with E-state index in [1.807, 2.05) is 54.6 Å². The average molecular weight is 215 g/mol. The van der Waals surface area contributed by atoms with Crippen LogP contribution in [0.1, 0.15) is 0 Å². The highest BCUT2D eigenvalue weighted by Gasteiger charge is 1.93. The Hall–Kier alpha value is -1.74. The summed E-state index contributed by atoms with van der Waals surface area (Å²) in [5.41, 5.74) is 2.17. The summed E-state index contributed by atoms with van der Waals surface area (Å²) in [5.74, 6) is 0.931. The Morgan fingerprint density at radius 3 is 2.00 bits per heavy atom. The fourth-order valence-corrected chi connectivity index (χ4v) is 1.63. The van der Waals surface area contributed by atoms with E-state index in [4.69, 9.17) is 4.43 Å². The van der Waals surface area contributed by atoms with Crippen LogP contribution in [0, 0.1) is 0 Å². The molecule has 2 nitrogen and oxygen atoms in total. The van der Waals surface area contributed by atoms with Crippen molar-refractivity contribution >= 4 is 21.9 Å². The van der Waals surface area contributed by atoms with Gasteiger partial charge in [0.1, 0.15) is 5.75 Å². The van der Waals surface area contributed by atoms with Crippen molar-refractivity contribution in [3.63, 3.8) is 0 Å². The molecule has 0 amide bonds. The molecule has 0 atom stereocenters. The Balaban J connectivity index is 2.11. The minimum Gasteiger partial charge on any atom is -0.553 e. The van der Waals surface area contributed by atoms with Gasteiger partial charge in [0.25, 0.3) is 0 Å². The van der Waals surface area contributed by atoms with Crippen molar-refractivity contribution in [2.24, 2.45) is 0 Å². The molecule has 2 rings (SSSR count). The van der Waals surface area contributed by atoms with E-state index in [2.05, 4.69) is 5.32 Å². The molecular weight excluding hydrogens is 202 g/mol. The van der Waals surface area contributed by atoms with E-state index in [1.165, 1.54) is 0 Å². The zero-order chi connectivity index (χ0) is 10.5. The lowest BCUT2D eigenvalue weighted by molar-refractivity contribution is 0.616. The summed E-state index contributed by atoms with van der Waals surface area (Å²) < 4.78 is 5.23. The normalized spacial score (nSPS) is 9.87. The van der Waals surface area contributed by atoms with Crippen LogP contribution in [0.4, 0.5) is 11.4 Å². The Morgan fingerprint density at radius 1 is 0.800 bits per heavy atom. The number of rotatable bonds is 3. The van der Waals surface area contributed by atoms with E-state index >= 15 is 0 Å². The van der Waals surface area contributed by atoms with Crippen LogP contribution < -0.4 is 9.74 Å². The van der Waals surface area contributed by atoms with E-state index < -0.39 is 0 Å². The van der Waals surface area contributed by atoms with Crippen molar-refractivity contribution in [1.29, 1.82) is 0 Å². The fourth-order valence-electron chi connectivity index (χ4n) is 1.36. The van der Waals surface area contributed by atoms with E-state index in [1.54, 1.807) is 0 Å². The maximum atomic E-state index is 5.23.